The van der Waals surface area contributed by atoms with Crippen LogP contribution in [0.4, 0.5) is 0 Å². The second kappa shape index (κ2) is 34.9. The highest BCUT2D eigenvalue weighted by Crippen LogP contribution is 2.65. The molecule has 0 saturated carbocycles. The van der Waals surface area contributed by atoms with E-state index in [1.54, 1.807) is 0 Å². The highest BCUT2D eigenvalue weighted by Gasteiger charge is 2.30. The van der Waals surface area contributed by atoms with E-state index < -0.39 is 0 Å². The fourth-order valence-corrected chi connectivity index (χ4v) is 31.5. The zero-order valence-corrected chi connectivity index (χ0v) is 56.2. The van der Waals surface area contributed by atoms with Gasteiger partial charge in [0.25, 0.3) is 0 Å². The van der Waals surface area contributed by atoms with Gasteiger partial charge in [0.15, 0.2) is 0 Å². The van der Waals surface area contributed by atoms with Crippen LogP contribution in [0.5, 0.6) is 0 Å². The molecule has 0 nitrogen and oxygen atoms in total. The van der Waals surface area contributed by atoms with Gasteiger partial charge in [-0.2, -0.15) is 0 Å². The molecule has 0 N–H and O–H groups in total. The Hall–Kier alpha value is 1.86. The molecule has 0 saturated heterocycles. The molecule has 0 fully saturated rings. The van der Waals surface area contributed by atoms with Crippen molar-refractivity contribution in [3.05, 3.63) is 117 Å². The van der Waals surface area contributed by atoms with Crippen LogP contribution in [-0.4, -0.2) is 34.5 Å². The summed E-state index contributed by atoms with van der Waals surface area (Å²) < 4.78 is 17.3. The molecule has 7 rings (SSSR count). The summed E-state index contributed by atoms with van der Waals surface area (Å²) in [5.41, 5.74) is 2.84. The molecule has 0 atom stereocenters. The van der Waals surface area contributed by atoms with Crippen LogP contribution in [0.1, 0.15) is 135 Å². The minimum absolute atomic E-state index is 0.946. The summed E-state index contributed by atoms with van der Waals surface area (Å²) in [4.78, 5) is 3.30. The van der Waals surface area contributed by atoms with E-state index in [9.17, 15) is 0 Å². The first-order chi connectivity index (χ1) is 35.4. The molecule has 6 aliphatic heterocycles. The molecule has 0 amide bonds. The highest BCUT2D eigenvalue weighted by atomic mass is 32.3. The van der Waals surface area contributed by atoms with Gasteiger partial charge in [-0.1, -0.05) is 257 Å². The number of allylic oxidation sites excluding steroid dienone is 3. The number of benzene rings is 1. The Kier molecular flexibility index (Phi) is 29.8. The predicted molar refractivity (Wildman–Crippen MR) is 369 cm³/mol. The number of thioether (sulfide) groups is 18. The third kappa shape index (κ3) is 20.1. The lowest BCUT2D eigenvalue weighted by Crippen LogP contribution is -1.85. The first-order valence-electron chi connectivity index (χ1n) is 24.5. The van der Waals surface area contributed by atoms with Crippen LogP contribution in [0.3, 0.4) is 0 Å². The maximum absolute atomic E-state index is 3.56. The number of rotatable bonds is 24. The molecule has 0 aliphatic carbocycles. The Labute approximate surface area is 510 Å². The van der Waals surface area contributed by atoms with Crippen molar-refractivity contribution in [2.24, 2.45) is 0 Å². The lowest BCUT2D eigenvalue weighted by atomic mass is 10.1. The largest absolute Gasteiger partial charge is 0.117 e. The van der Waals surface area contributed by atoms with Crippen molar-refractivity contribution in [3.63, 3.8) is 0 Å². The quantitative estimate of drug-likeness (QED) is 0.0712. The summed E-state index contributed by atoms with van der Waals surface area (Å²) in [6.07, 6.45) is 15.0. The van der Waals surface area contributed by atoms with Crippen LogP contribution >= 0.6 is 212 Å². The van der Waals surface area contributed by atoms with E-state index in [1.807, 2.05) is 212 Å². The number of unbranched alkanes of at least 4 members (excludes halogenated alkanes) is 6. The van der Waals surface area contributed by atoms with E-state index in [-0.39, 0.29) is 0 Å². The van der Waals surface area contributed by atoms with Gasteiger partial charge < -0.3 is 0 Å². The topological polar surface area (TPSA) is 0 Å². The fraction of sp³-hybridized carbons (Fsp3) is 0.444. The standard InChI is InChI=1S/C54H60S18/c1-7-13-25-55-43-44(56-26-14-8-2)68-52(67-43)49-61-34-40(64-49)22-19-37-31-38(20-23-41-35-62-50(65-41)53-69-45(57-27-15-9-3)46(70-53)58-28-16-10-4)33-39(32-37)21-24-42-36-63-51(66-42)54-71-47(59-29-17-11-5)48(72-54)60-30-18-12-6/h31-36H,7-18,25-30H2,1-6H3. The normalized spacial score (nSPS) is 17.8. The molecule has 384 valence electrons. The Morgan fingerprint density at radius 3 is 0.722 bits per heavy atom. The molecule has 0 bridgehead atoms. The molecule has 1 aromatic carbocycles. The summed E-state index contributed by atoms with van der Waals surface area (Å²) in [5, 5.41) is 6.72. The van der Waals surface area contributed by atoms with Crippen LogP contribution in [0.25, 0.3) is 0 Å². The molecular formula is C54H60S18. The van der Waals surface area contributed by atoms with Gasteiger partial charge >= 0.3 is 0 Å². The maximum Gasteiger partial charge on any atom is 0.0717 e. The van der Waals surface area contributed by atoms with Gasteiger partial charge in [0, 0.05) is 16.7 Å². The average Bonchev–Trinajstić information content (AvgIpc) is 4.27. The number of hydrogen-bond donors (Lipinski definition) is 0. The minimum Gasteiger partial charge on any atom is -0.117 e. The van der Waals surface area contributed by atoms with E-state index in [1.165, 1.54) is 162 Å². The smallest absolute Gasteiger partial charge is 0.0717 e. The van der Waals surface area contributed by atoms with Gasteiger partial charge in [0.05, 0.1) is 65.6 Å². The molecule has 0 radical (unpaired) electrons. The Morgan fingerprint density at radius 1 is 0.292 bits per heavy atom. The molecule has 0 spiro atoms. The summed E-state index contributed by atoms with van der Waals surface area (Å²) >= 11 is 35.2. The average molecular weight is 1290 g/mol. The maximum atomic E-state index is 3.56. The van der Waals surface area contributed by atoms with Crippen molar-refractivity contribution in [1.29, 1.82) is 0 Å². The molecule has 6 heterocycles. The van der Waals surface area contributed by atoms with E-state index in [2.05, 4.69) is 111 Å². The molecular weight excluding hydrogens is 1230 g/mol. The Morgan fingerprint density at radius 2 is 0.514 bits per heavy atom. The van der Waals surface area contributed by atoms with Crippen molar-refractivity contribution in [3.8, 4) is 35.5 Å². The zero-order valence-electron chi connectivity index (χ0n) is 41.5. The van der Waals surface area contributed by atoms with Gasteiger partial charge in [-0.15, -0.1) is 70.6 Å². The molecule has 6 aliphatic rings. The van der Waals surface area contributed by atoms with Gasteiger partial charge in [-0.05, 0) is 107 Å². The molecule has 72 heavy (non-hydrogen) atoms. The highest BCUT2D eigenvalue weighted by molar-refractivity contribution is 8.44. The van der Waals surface area contributed by atoms with Crippen molar-refractivity contribution in [1.82, 2.24) is 0 Å². The van der Waals surface area contributed by atoms with E-state index in [4.69, 9.17) is 0 Å². The lowest BCUT2D eigenvalue weighted by Gasteiger charge is -2.03. The first kappa shape index (κ1) is 61.5. The molecule has 1 aromatic rings. The van der Waals surface area contributed by atoms with Crippen LogP contribution in [-0.2, 0) is 0 Å². The third-order valence-corrected chi connectivity index (χ3v) is 35.4. The lowest BCUT2D eigenvalue weighted by molar-refractivity contribution is 0.897. The number of hydrogen-bond acceptors (Lipinski definition) is 18. The SMILES string of the molecule is CCCCSC1=C(SCCCC)SC(=C2SC=C(C#Cc3cc(C#CC4=CSC(=C5SC(SCCCC)=C(SCCCC)S5)S4)cc(C#CC4=CSC(=C5SC(SCCCC)=C(SCCCC)S5)S4)c3)S2)S1. The molecule has 18 heteroatoms. The van der Waals surface area contributed by atoms with Crippen LogP contribution < -0.4 is 0 Å². The van der Waals surface area contributed by atoms with Gasteiger partial charge in [-0.25, -0.2) is 0 Å². The fourth-order valence-electron chi connectivity index (χ4n) is 5.90. The molecule has 0 unspecified atom stereocenters. The van der Waals surface area contributed by atoms with Crippen molar-refractivity contribution < 1.29 is 0 Å². The van der Waals surface area contributed by atoms with Gasteiger partial charge in [0.2, 0.25) is 0 Å². The van der Waals surface area contributed by atoms with Crippen molar-refractivity contribution >= 4 is 212 Å². The second-order valence-electron chi connectivity index (χ2n) is 15.9. The summed E-state index contributed by atoms with van der Waals surface area (Å²) in [5.74, 6) is 28.5. The zero-order chi connectivity index (χ0) is 50.3. The van der Waals surface area contributed by atoms with Crippen LogP contribution in [0.15, 0.2) is 100.0 Å². The second-order valence-corrected chi connectivity index (χ2v) is 37.6. The summed E-state index contributed by atoms with van der Waals surface area (Å²) in [6.45, 7) is 13.7. The molecule has 0 aromatic heterocycles. The van der Waals surface area contributed by atoms with Crippen molar-refractivity contribution in [2.45, 2.75) is 119 Å². The van der Waals surface area contributed by atoms with Crippen molar-refractivity contribution in [2.75, 3.05) is 34.5 Å². The van der Waals surface area contributed by atoms with Gasteiger partial charge in [0.1, 0.15) is 0 Å². The van der Waals surface area contributed by atoms with E-state index in [0.29, 0.717) is 0 Å². The summed E-state index contributed by atoms with van der Waals surface area (Å²) in [6, 6.07) is 6.45. The van der Waals surface area contributed by atoms with Crippen LogP contribution in [0, 0.1) is 35.5 Å². The minimum atomic E-state index is 0.946. The van der Waals surface area contributed by atoms with Crippen LogP contribution in [0.2, 0.25) is 0 Å². The first-order valence-corrected chi connectivity index (χ1v) is 40.4. The third-order valence-electron chi connectivity index (χ3n) is 9.85. The monoisotopic (exact) mass is 1280 g/mol. The van der Waals surface area contributed by atoms with Gasteiger partial charge in [-0.3, -0.25) is 0 Å². The Balaban J connectivity index is 1.08. The Bertz CT molecular complexity index is 2220. The predicted octanol–water partition coefficient (Wildman–Crippen LogP) is 24.1. The van der Waals surface area contributed by atoms with E-state index in [0.717, 1.165) is 31.4 Å². The van der Waals surface area contributed by atoms with E-state index >= 15 is 0 Å². The summed E-state index contributed by atoms with van der Waals surface area (Å²) in [7, 11) is 0.